The molecule has 7 nitrogen and oxygen atoms in total. The molecule has 0 bridgehead atoms. The van der Waals surface area contributed by atoms with E-state index in [0.717, 1.165) is 22.6 Å². The maximum Gasteiger partial charge on any atom is 0.409 e. The minimum absolute atomic E-state index is 0.164. The van der Waals surface area contributed by atoms with Gasteiger partial charge in [-0.25, -0.2) is 9.78 Å². The van der Waals surface area contributed by atoms with E-state index in [9.17, 15) is 9.59 Å². The first-order valence-electron chi connectivity index (χ1n) is 9.49. The summed E-state index contributed by atoms with van der Waals surface area (Å²) in [5.41, 5.74) is 3.48. The molecule has 1 saturated heterocycles. The summed E-state index contributed by atoms with van der Waals surface area (Å²) in [6.07, 6.45) is 1.36. The summed E-state index contributed by atoms with van der Waals surface area (Å²) in [7, 11) is 0. The number of ether oxygens (including phenoxy) is 1. The number of anilines is 2. The Kier molecular flexibility index (Phi) is 6.13. The second-order valence-electron chi connectivity index (χ2n) is 6.85. The van der Waals surface area contributed by atoms with E-state index in [2.05, 4.69) is 15.2 Å². The summed E-state index contributed by atoms with van der Waals surface area (Å²) in [6.45, 7) is 8.57. The number of rotatable bonds is 4. The van der Waals surface area contributed by atoms with E-state index in [-0.39, 0.29) is 12.0 Å². The molecule has 1 N–H and O–H groups in total. The van der Waals surface area contributed by atoms with Crippen molar-refractivity contribution in [2.45, 2.75) is 20.8 Å². The van der Waals surface area contributed by atoms with E-state index in [4.69, 9.17) is 4.74 Å². The van der Waals surface area contributed by atoms with Crippen molar-refractivity contribution >= 4 is 23.5 Å². The van der Waals surface area contributed by atoms with Gasteiger partial charge in [0.1, 0.15) is 5.82 Å². The van der Waals surface area contributed by atoms with Crippen LogP contribution in [0.15, 0.2) is 36.5 Å². The van der Waals surface area contributed by atoms with E-state index < -0.39 is 0 Å². The standard InChI is InChI=1S/C21H26N4O3/c1-4-28-21(27)25-11-9-24(10-12-25)19-14-17(7-8-22-19)20(26)23-18-13-15(2)5-6-16(18)3/h5-8,13-14H,4,9-12H2,1-3H3,(H,23,26). The van der Waals surface area contributed by atoms with Gasteiger partial charge in [0, 0.05) is 43.6 Å². The zero-order valence-corrected chi connectivity index (χ0v) is 16.6. The topological polar surface area (TPSA) is 74.8 Å². The molecular formula is C21H26N4O3. The summed E-state index contributed by atoms with van der Waals surface area (Å²) < 4.78 is 5.05. The van der Waals surface area contributed by atoms with E-state index in [1.807, 2.05) is 32.0 Å². The number of carbonyl (C=O) groups excluding carboxylic acids is 2. The predicted molar refractivity (Wildman–Crippen MR) is 109 cm³/mol. The van der Waals surface area contributed by atoms with Crippen LogP contribution in [0.5, 0.6) is 0 Å². The number of benzene rings is 1. The molecule has 2 aromatic rings. The summed E-state index contributed by atoms with van der Waals surface area (Å²) in [5, 5.41) is 2.98. The van der Waals surface area contributed by atoms with Crippen LogP contribution in [0, 0.1) is 13.8 Å². The van der Waals surface area contributed by atoms with Gasteiger partial charge in [-0.15, -0.1) is 0 Å². The molecule has 0 radical (unpaired) electrons. The maximum atomic E-state index is 12.7. The number of hydrogen-bond donors (Lipinski definition) is 1. The fourth-order valence-corrected chi connectivity index (χ4v) is 3.13. The monoisotopic (exact) mass is 382 g/mol. The third-order valence-electron chi connectivity index (χ3n) is 4.78. The van der Waals surface area contributed by atoms with Crippen LogP contribution < -0.4 is 10.2 Å². The van der Waals surface area contributed by atoms with Gasteiger partial charge in [-0.3, -0.25) is 4.79 Å². The average Bonchev–Trinajstić information content (AvgIpc) is 2.71. The number of pyridine rings is 1. The van der Waals surface area contributed by atoms with E-state index >= 15 is 0 Å². The summed E-state index contributed by atoms with van der Waals surface area (Å²) in [6, 6.07) is 9.47. The Morgan fingerprint density at radius 3 is 2.57 bits per heavy atom. The highest BCUT2D eigenvalue weighted by Gasteiger charge is 2.23. The third kappa shape index (κ3) is 4.60. The Morgan fingerprint density at radius 2 is 1.86 bits per heavy atom. The summed E-state index contributed by atoms with van der Waals surface area (Å²) >= 11 is 0. The molecule has 0 saturated carbocycles. The molecule has 0 aliphatic carbocycles. The van der Waals surface area contributed by atoms with Crippen LogP contribution in [-0.4, -0.2) is 54.7 Å². The molecule has 2 amide bonds. The van der Waals surface area contributed by atoms with E-state index in [1.54, 1.807) is 30.2 Å². The smallest absolute Gasteiger partial charge is 0.409 e. The summed E-state index contributed by atoms with van der Waals surface area (Å²) in [4.78, 5) is 32.7. The van der Waals surface area contributed by atoms with Crippen molar-refractivity contribution in [3.8, 4) is 0 Å². The molecule has 0 atom stereocenters. The predicted octanol–water partition coefficient (Wildman–Crippen LogP) is 3.23. The number of piperazine rings is 1. The van der Waals surface area contributed by atoms with Gasteiger partial charge in [0.25, 0.3) is 5.91 Å². The average molecular weight is 382 g/mol. The Hall–Kier alpha value is -3.09. The number of aromatic nitrogens is 1. The van der Waals surface area contributed by atoms with Gasteiger partial charge in [-0.2, -0.15) is 0 Å². The van der Waals surface area contributed by atoms with Gasteiger partial charge in [0.05, 0.1) is 6.61 Å². The van der Waals surface area contributed by atoms with Crippen LogP contribution in [0.4, 0.5) is 16.3 Å². The van der Waals surface area contributed by atoms with E-state index in [0.29, 0.717) is 38.3 Å². The van der Waals surface area contributed by atoms with Crippen LogP contribution in [0.3, 0.4) is 0 Å². The van der Waals surface area contributed by atoms with Gasteiger partial charge < -0.3 is 19.9 Å². The van der Waals surface area contributed by atoms with Gasteiger partial charge in [-0.1, -0.05) is 12.1 Å². The lowest BCUT2D eigenvalue weighted by Crippen LogP contribution is -2.49. The number of carbonyl (C=O) groups is 2. The van der Waals surface area contributed by atoms with Gasteiger partial charge in [0.15, 0.2) is 0 Å². The number of hydrogen-bond acceptors (Lipinski definition) is 5. The zero-order valence-electron chi connectivity index (χ0n) is 16.6. The van der Waals surface area contributed by atoms with Gasteiger partial charge >= 0.3 is 6.09 Å². The van der Waals surface area contributed by atoms with Crippen LogP contribution in [0.1, 0.15) is 28.4 Å². The maximum absolute atomic E-state index is 12.7. The Balaban J connectivity index is 1.66. The van der Waals surface area contributed by atoms with Crippen molar-refractivity contribution in [2.75, 3.05) is 43.0 Å². The van der Waals surface area contributed by atoms with Gasteiger partial charge in [-0.05, 0) is 50.1 Å². The van der Waals surface area contributed by atoms with Gasteiger partial charge in [0.2, 0.25) is 0 Å². The molecule has 2 heterocycles. The number of nitrogens with zero attached hydrogens (tertiary/aromatic N) is 3. The van der Waals surface area contributed by atoms with Crippen molar-refractivity contribution in [3.05, 3.63) is 53.2 Å². The highest BCUT2D eigenvalue weighted by molar-refractivity contribution is 6.05. The highest BCUT2D eigenvalue weighted by Crippen LogP contribution is 2.19. The second kappa shape index (κ2) is 8.73. The fraction of sp³-hybridized carbons (Fsp3) is 0.381. The van der Waals surface area contributed by atoms with Crippen LogP contribution in [0.2, 0.25) is 0 Å². The second-order valence-corrected chi connectivity index (χ2v) is 6.85. The quantitative estimate of drug-likeness (QED) is 0.879. The van der Waals surface area contributed by atoms with Crippen molar-refractivity contribution in [1.82, 2.24) is 9.88 Å². The SMILES string of the molecule is CCOC(=O)N1CCN(c2cc(C(=O)Nc3cc(C)ccc3C)ccn2)CC1. The third-order valence-corrected chi connectivity index (χ3v) is 4.78. The zero-order chi connectivity index (χ0) is 20.1. The normalized spacial score (nSPS) is 14.0. The van der Waals surface area contributed by atoms with Crippen molar-refractivity contribution in [1.29, 1.82) is 0 Å². The molecule has 0 spiro atoms. The molecule has 0 unspecified atom stereocenters. The Bertz CT molecular complexity index is 860. The molecule has 7 heteroatoms. The molecular weight excluding hydrogens is 356 g/mol. The molecule has 148 valence electrons. The lowest BCUT2D eigenvalue weighted by molar-refractivity contribution is 0.102. The molecule has 1 aromatic heterocycles. The Labute approximate surface area is 165 Å². The minimum atomic E-state index is -0.281. The van der Waals surface area contributed by atoms with Crippen LogP contribution in [0.25, 0.3) is 0 Å². The molecule has 3 rings (SSSR count). The van der Waals surface area contributed by atoms with Crippen molar-refractivity contribution in [3.63, 3.8) is 0 Å². The van der Waals surface area contributed by atoms with Crippen molar-refractivity contribution in [2.24, 2.45) is 0 Å². The summed E-state index contributed by atoms with van der Waals surface area (Å²) in [5.74, 6) is 0.569. The number of amides is 2. The number of nitrogens with one attached hydrogen (secondary N) is 1. The highest BCUT2D eigenvalue weighted by atomic mass is 16.6. The molecule has 1 aliphatic heterocycles. The van der Waals surface area contributed by atoms with E-state index in [1.165, 1.54) is 0 Å². The largest absolute Gasteiger partial charge is 0.450 e. The Morgan fingerprint density at radius 1 is 1.11 bits per heavy atom. The van der Waals surface area contributed by atoms with Crippen molar-refractivity contribution < 1.29 is 14.3 Å². The first-order chi connectivity index (χ1) is 13.5. The van der Waals surface area contributed by atoms with Crippen LogP contribution in [-0.2, 0) is 4.74 Å². The van der Waals surface area contributed by atoms with Crippen LogP contribution >= 0.6 is 0 Å². The lowest BCUT2D eigenvalue weighted by atomic mass is 10.1. The molecule has 28 heavy (non-hydrogen) atoms. The fourth-order valence-electron chi connectivity index (χ4n) is 3.13. The minimum Gasteiger partial charge on any atom is -0.450 e. The number of aryl methyl sites for hydroxylation is 2. The molecule has 1 fully saturated rings. The first kappa shape index (κ1) is 19.7. The first-order valence-corrected chi connectivity index (χ1v) is 9.49. The molecule has 1 aromatic carbocycles. The molecule has 1 aliphatic rings. The lowest BCUT2D eigenvalue weighted by Gasteiger charge is -2.34.